The van der Waals surface area contributed by atoms with Crippen LogP contribution in [0.1, 0.15) is 25.3 Å². The highest BCUT2D eigenvalue weighted by molar-refractivity contribution is 6.11. The lowest BCUT2D eigenvalue weighted by Crippen LogP contribution is -2.03. The van der Waals surface area contributed by atoms with Crippen LogP contribution in [0.25, 0.3) is 0 Å². The van der Waals surface area contributed by atoms with E-state index in [0.717, 1.165) is 11.1 Å². The van der Waals surface area contributed by atoms with Crippen molar-refractivity contribution < 1.29 is 9.90 Å². The minimum absolute atomic E-state index is 0.0845. The monoisotopic (exact) mass is 214 g/mol. The first kappa shape index (κ1) is 10.7. The van der Waals surface area contributed by atoms with E-state index in [-0.39, 0.29) is 17.5 Å². The smallest absolute Gasteiger partial charge is 0.223 e. The van der Waals surface area contributed by atoms with E-state index in [4.69, 9.17) is 0 Å². The van der Waals surface area contributed by atoms with Gasteiger partial charge in [-0.2, -0.15) is 0 Å². The summed E-state index contributed by atoms with van der Waals surface area (Å²) in [5.41, 5.74) is 2.45. The molecule has 1 aromatic rings. The van der Waals surface area contributed by atoms with E-state index >= 15 is 0 Å². The zero-order valence-corrected chi connectivity index (χ0v) is 9.40. The summed E-state index contributed by atoms with van der Waals surface area (Å²) in [5.74, 6) is -0.422. The number of rotatable bonds is 1. The van der Waals surface area contributed by atoms with Crippen molar-refractivity contribution in [3.8, 4) is 0 Å². The third-order valence-corrected chi connectivity index (χ3v) is 3.04. The summed E-state index contributed by atoms with van der Waals surface area (Å²) in [7, 11) is 0. The molecule has 1 atom stereocenters. The van der Waals surface area contributed by atoms with Crippen LogP contribution in [0.4, 0.5) is 0 Å². The van der Waals surface area contributed by atoms with Crippen LogP contribution in [0.5, 0.6) is 0 Å². The van der Waals surface area contributed by atoms with Crippen molar-refractivity contribution in [3.05, 3.63) is 58.9 Å². The zero-order valence-electron chi connectivity index (χ0n) is 9.40. The second-order valence-corrected chi connectivity index (χ2v) is 3.95. The fraction of sp³-hybridized carbons (Fsp3) is 0.214. The number of aliphatic hydroxyl groups is 1. The van der Waals surface area contributed by atoms with Crippen molar-refractivity contribution in [3.63, 3.8) is 0 Å². The van der Waals surface area contributed by atoms with Crippen molar-refractivity contribution in [2.24, 2.45) is 0 Å². The maximum Gasteiger partial charge on any atom is 0.223 e. The lowest BCUT2D eigenvalue weighted by Gasteiger charge is -2.13. The quantitative estimate of drug-likeness (QED) is 0.729. The van der Waals surface area contributed by atoms with Gasteiger partial charge >= 0.3 is 0 Å². The average Bonchev–Trinajstić information content (AvgIpc) is 2.54. The van der Waals surface area contributed by atoms with Crippen LogP contribution in [0.2, 0.25) is 0 Å². The number of hydrogen-bond donors (Lipinski definition) is 1. The Kier molecular flexibility index (Phi) is 2.65. The van der Waals surface area contributed by atoms with Gasteiger partial charge in [-0.3, -0.25) is 4.79 Å². The summed E-state index contributed by atoms with van der Waals surface area (Å²) in [6.45, 7) is 3.64. The second-order valence-electron chi connectivity index (χ2n) is 3.95. The molecular weight excluding hydrogens is 200 g/mol. The Balaban J connectivity index is 2.53. The number of ketones is 1. The van der Waals surface area contributed by atoms with Crippen molar-refractivity contribution in [1.29, 1.82) is 0 Å². The molecule has 2 nitrogen and oxygen atoms in total. The number of aliphatic hydroxyl groups excluding tert-OH is 1. The molecular formula is C14H14O2. The molecule has 0 saturated heterocycles. The number of carbonyl (C=O) groups is 1. The van der Waals surface area contributed by atoms with Gasteiger partial charge in [0.05, 0.1) is 0 Å². The van der Waals surface area contributed by atoms with Crippen LogP contribution in [0.3, 0.4) is 0 Å². The molecule has 0 radical (unpaired) electrons. The molecule has 1 unspecified atom stereocenters. The van der Waals surface area contributed by atoms with Gasteiger partial charge in [-0.15, -0.1) is 0 Å². The number of Topliss-reactive ketones (excluding diaryl/α,β-unsaturated/α-hetero) is 1. The Morgan fingerprint density at radius 2 is 1.88 bits per heavy atom. The summed E-state index contributed by atoms with van der Waals surface area (Å²) in [4.78, 5) is 11.8. The SMILES string of the molecule is C/C=C1\C(=O)C(O)=C(C)C1c1ccccc1. The van der Waals surface area contributed by atoms with E-state index in [2.05, 4.69) is 0 Å². The van der Waals surface area contributed by atoms with Crippen molar-refractivity contribution in [2.45, 2.75) is 19.8 Å². The van der Waals surface area contributed by atoms with E-state index in [9.17, 15) is 9.90 Å². The molecule has 0 bridgehead atoms. The van der Waals surface area contributed by atoms with Crippen molar-refractivity contribution in [1.82, 2.24) is 0 Å². The lowest BCUT2D eigenvalue weighted by atomic mass is 9.89. The van der Waals surface area contributed by atoms with Gasteiger partial charge in [-0.25, -0.2) is 0 Å². The van der Waals surface area contributed by atoms with E-state index < -0.39 is 0 Å². The molecule has 0 fully saturated rings. The number of hydrogen-bond acceptors (Lipinski definition) is 2. The molecule has 1 aliphatic carbocycles. The molecule has 16 heavy (non-hydrogen) atoms. The van der Waals surface area contributed by atoms with Gasteiger partial charge in [0.25, 0.3) is 0 Å². The Bertz CT molecular complexity index is 481. The van der Waals surface area contributed by atoms with Crippen LogP contribution < -0.4 is 0 Å². The van der Waals surface area contributed by atoms with Crippen LogP contribution in [0.15, 0.2) is 53.3 Å². The number of carbonyl (C=O) groups excluding carboxylic acids is 1. The van der Waals surface area contributed by atoms with Gasteiger partial charge < -0.3 is 5.11 Å². The van der Waals surface area contributed by atoms with Gasteiger partial charge in [-0.05, 0) is 25.0 Å². The molecule has 2 rings (SSSR count). The standard InChI is InChI=1S/C14H14O2/c1-3-11-12(9(2)13(15)14(11)16)10-7-5-4-6-8-10/h3-8,12,15H,1-2H3/b11-3-. The van der Waals surface area contributed by atoms with E-state index in [1.807, 2.05) is 37.3 Å². The summed E-state index contributed by atoms with van der Waals surface area (Å²) >= 11 is 0. The molecule has 0 heterocycles. The maximum absolute atomic E-state index is 11.8. The molecule has 0 amide bonds. The van der Waals surface area contributed by atoms with Gasteiger partial charge in [0.15, 0.2) is 5.76 Å². The zero-order chi connectivity index (χ0) is 11.7. The second kappa shape index (κ2) is 3.97. The van der Waals surface area contributed by atoms with Gasteiger partial charge in [0, 0.05) is 11.5 Å². The third kappa shape index (κ3) is 1.47. The number of benzene rings is 1. The summed E-state index contributed by atoms with van der Waals surface area (Å²) in [6.07, 6.45) is 1.78. The first-order valence-corrected chi connectivity index (χ1v) is 5.32. The normalized spacial score (nSPS) is 23.2. The van der Waals surface area contributed by atoms with E-state index in [1.165, 1.54) is 0 Å². The average molecular weight is 214 g/mol. The minimum Gasteiger partial charge on any atom is -0.504 e. The van der Waals surface area contributed by atoms with Crippen molar-refractivity contribution in [2.75, 3.05) is 0 Å². The Morgan fingerprint density at radius 1 is 1.25 bits per heavy atom. The predicted octanol–water partition coefficient (Wildman–Crippen LogP) is 3.13. The molecule has 82 valence electrons. The first-order chi connectivity index (χ1) is 7.66. The fourth-order valence-electron chi connectivity index (χ4n) is 2.19. The van der Waals surface area contributed by atoms with E-state index in [0.29, 0.717) is 5.57 Å². The van der Waals surface area contributed by atoms with Crippen LogP contribution in [-0.4, -0.2) is 10.9 Å². The topological polar surface area (TPSA) is 37.3 Å². The summed E-state index contributed by atoms with van der Waals surface area (Å²) in [6, 6.07) is 9.77. The van der Waals surface area contributed by atoms with Crippen LogP contribution in [0, 0.1) is 0 Å². The molecule has 1 aliphatic rings. The lowest BCUT2D eigenvalue weighted by molar-refractivity contribution is -0.114. The maximum atomic E-state index is 11.8. The highest BCUT2D eigenvalue weighted by Crippen LogP contribution is 2.40. The van der Waals surface area contributed by atoms with Crippen LogP contribution in [-0.2, 0) is 4.79 Å². The molecule has 1 N–H and O–H groups in total. The molecule has 0 spiro atoms. The van der Waals surface area contributed by atoms with Crippen molar-refractivity contribution >= 4 is 5.78 Å². The molecule has 0 aromatic heterocycles. The van der Waals surface area contributed by atoms with Gasteiger partial charge in [-0.1, -0.05) is 36.4 Å². The Labute approximate surface area is 94.9 Å². The third-order valence-electron chi connectivity index (χ3n) is 3.04. The first-order valence-electron chi connectivity index (χ1n) is 5.32. The van der Waals surface area contributed by atoms with E-state index in [1.54, 1.807) is 13.0 Å². The molecule has 2 heteroatoms. The fourth-order valence-corrected chi connectivity index (χ4v) is 2.19. The highest BCUT2D eigenvalue weighted by Gasteiger charge is 2.35. The van der Waals surface area contributed by atoms with Gasteiger partial charge in [0.2, 0.25) is 5.78 Å². The predicted molar refractivity (Wildman–Crippen MR) is 63.3 cm³/mol. The number of allylic oxidation sites excluding steroid dienone is 3. The molecule has 0 aliphatic heterocycles. The Morgan fingerprint density at radius 3 is 2.44 bits per heavy atom. The highest BCUT2D eigenvalue weighted by atomic mass is 16.3. The van der Waals surface area contributed by atoms with Gasteiger partial charge in [0.1, 0.15) is 0 Å². The van der Waals surface area contributed by atoms with Crippen LogP contribution >= 0.6 is 0 Å². The largest absolute Gasteiger partial charge is 0.504 e. The summed E-state index contributed by atoms with van der Waals surface area (Å²) in [5, 5.41) is 9.69. The summed E-state index contributed by atoms with van der Waals surface area (Å²) < 4.78 is 0. The Hall–Kier alpha value is -1.83. The molecule has 1 aromatic carbocycles. The minimum atomic E-state index is -0.242. The molecule has 0 saturated carbocycles.